The first-order chi connectivity index (χ1) is 16.6. The first-order valence-corrected chi connectivity index (χ1v) is 11.8. The Kier molecular flexibility index (Phi) is 6.56. The third-order valence-corrected chi connectivity index (χ3v) is 6.54. The van der Waals surface area contributed by atoms with Gasteiger partial charge in [-0.05, 0) is 66.7 Å². The molecule has 0 bridgehead atoms. The first-order valence-electron chi connectivity index (χ1n) is 11.8. The van der Waals surface area contributed by atoms with Gasteiger partial charge in [0.2, 0.25) is 0 Å². The summed E-state index contributed by atoms with van der Waals surface area (Å²) < 4.78 is 18.9. The molecule has 34 heavy (non-hydrogen) atoms. The minimum atomic E-state index is -0.264. The largest absolute Gasteiger partial charge is 0.378 e. The van der Waals surface area contributed by atoms with Gasteiger partial charge in [-0.2, -0.15) is 0 Å². The number of carbonyl (C=O) groups is 1. The summed E-state index contributed by atoms with van der Waals surface area (Å²) in [6.07, 6.45) is 0. The van der Waals surface area contributed by atoms with E-state index in [1.807, 2.05) is 35.2 Å². The molecular formula is C27H29FN4O2. The van der Waals surface area contributed by atoms with E-state index in [0.29, 0.717) is 31.9 Å². The smallest absolute Gasteiger partial charge is 0.254 e. The van der Waals surface area contributed by atoms with Gasteiger partial charge in [0, 0.05) is 50.4 Å². The van der Waals surface area contributed by atoms with E-state index < -0.39 is 0 Å². The number of morpholine rings is 1. The molecule has 0 radical (unpaired) electrons. The second-order valence-corrected chi connectivity index (χ2v) is 8.88. The Morgan fingerprint density at radius 1 is 0.824 bits per heavy atom. The van der Waals surface area contributed by atoms with Gasteiger partial charge < -0.3 is 19.4 Å². The van der Waals surface area contributed by atoms with Crippen LogP contribution in [0.3, 0.4) is 0 Å². The van der Waals surface area contributed by atoms with Crippen molar-refractivity contribution < 1.29 is 13.9 Å². The minimum absolute atomic E-state index is 0.0368. The molecule has 0 N–H and O–H groups in total. The number of amides is 1. The standard InChI is InChI=1S/C27H29FN4O2/c1-30-10-12-31(13-11-30)26-19-23(18-25(29-26)21-6-8-24(28)9-7-21)20-2-4-22(5-3-20)27(33)32-14-16-34-17-15-32/h2-9,18-19H,10-17H2,1H3. The van der Waals surface area contributed by atoms with Crippen molar-refractivity contribution in [2.75, 3.05) is 64.4 Å². The zero-order valence-electron chi connectivity index (χ0n) is 19.4. The van der Waals surface area contributed by atoms with Gasteiger partial charge in [-0.1, -0.05) is 12.1 Å². The lowest BCUT2D eigenvalue weighted by molar-refractivity contribution is 0.0303. The maximum absolute atomic E-state index is 13.5. The van der Waals surface area contributed by atoms with Gasteiger partial charge >= 0.3 is 0 Å². The van der Waals surface area contributed by atoms with Crippen molar-refractivity contribution in [1.82, 2.24) is 14.8 Å². The van der Waals surface area contributed by atoms with Crippen LogP contribution in [0.2, 0.25) is 0 Å². The highest BCUT2D eigenvalue weighted by Crippen LogP contribution is 2.30. The molecule has 3 aromatic rings. The third kappa shape index (κ3) is 4.95. The highest BCUT2D eigenvalue weighted by atomic mass is 19.1. The van der Waals surface area contributed by atoms with Gasteiger partial charge in [0.1, 0.15) is 11.6 Å². The Labute approximate surface area is 199 Å². The molecule has 3 heterocycles. The molecular weight excluding hydrogens is 431 g/mol. The molecule has 2 saturated heterocycles. The van der Waals surface area contributed by atoms with Gasteiger partial charge in [0.15, 0.2) is 0 Å². The van der Waals surface area contributed by atoms with Crippen LogP contribution >= 0.6 is 0 Å². The summed E-state index contributed by atoms with van der Waals surface area (Å²) in [5.41, 5.74) is 4.39. The van der Waals surface area contributed by atoms with Gasteiger partial charge in [-0.3, -0.25) is 4.79 Å². The number of benzene rings is 2. The van der Waals surface area contributed by atoms with E-state index in [-0.39, 0.29) is 11.7 Å². The Hall–Kier alpha value is -3.29. The Bertz CT molecular complexity index is 1140. The van der Waals surface area contributed by atoms with E-state index in [2.05, 4.69) is 22.9 Å². The predicted octanol–water partition coefficient (Wildman–Crippen LogP) is 3.78. The number of ether oxygens (including phenoxy) is 1. The molecule has 0 aliphatic carbocycles. The zero-order chi connectivity index (χ0) is 23.5. The quantitative estimate of drug-likeness (QED) is 0.593. The van der Waals surface area contributed by atoms with E-state index in [4.69, 9.17) is 9.72 Å². The molecule has 7 heteroatoms. The second kappa shape index (κ2) is 9.91. The van der Waals surface area contributed by atoms with Crippen LogP contribution in [0.5, 0.6) is 0 Å². The van der Waals surface area contributed by atoms with E-state index in [1.54, 1.807) is 12.1 Å². The number of halogens is 1. The number of piperazine rings is 1. The van der Waals surface area contributed by atoms with Crippen molar-refractivity contribution in [3.63, 3.8) is 0 Å². The van der Waals surface area contributed by atoms with Crippen LogP contribution in [0.25, 0.3) is 22.4 Å². The maximum Gasteiger partial charge on any atom is 0.254 e. The highest BCUT2D eigenvalue weighted by Gasteiger charge is 2.20. The third-order valence-electron chi connectivity index (χ3n) is 6.54. The minimum Gasteiger partial charge on any atom is -0.378 e. The average Bonchev–Trinajstić information content (AvgIpc) is 2.89. The lowest BCUT2D eigenvalue weighted by Crippen LogP contribution is -2.44. The van der Waals surface area contributed by atoms with Crippen LogP contribution in [-0.4, -0.2) is 80.2 Å². The Morgan fingerprint density at radius 3 is 2.15 bits per heavy atom. The lowest BCUT2D eigenvalue weighted by Gasteiger charge is -2.33. The first kappa shape index (κ1) is 22.5. The molecule has 1 aromatic heterocycles. The molecule has 0 unspecified atom stereocenters. The Balaban J connectivity index is 1.47. The van der Waals surface area contributed by atoms with Crippen LogP contribution < -0.4 is 4.90 Å². The number of rotatable bonds is 4. The van der Waals surface area contributed by atoms with Crippen molar-refractivity contribution in [2.45, 2.75) is 0 Å². The molecule has 2 aliphatic rings. The van der Waals surface area contributed by atoms with Gasteiger partial charge in [-0.25, -0.2) is 9.37 Å². The SMILES string of the molecule is CN1CCN(c2cc(-c3ccc(C(=O)N4CCOCC4)cc3)cc(-c3ccc(F)cc3)n2)CC1. The van der Waals surface area contributed by atoms with Crippen LogP contribution in [0.1, 0.15) is 10.4 Å². The van der Waals surface area contributed by atoms with Gasteiger partial charge in [-0.15, -0.1) is 0 Å². The average molecular weight is 461 g/mol. The van der Waals surface area contributed by atoms with Crippen LogP contribution in [-0.2, 0) is 4.74 Å². The number of nitrogens with zero attached hydrogens (tertiary/aromatic N) is 4. The predicted molar refractivity (Wildman–Crippen MR) is 131 cm³/mol. The molecule has 2 aliphatic heterocycles. The van der Waals surface area contributed by atoms with Crippen molar-refractivity contribution in [2.24, 2.45) is 0 Å². The fraction of sp³-hybridized carbons (Fsp3) is 0.333. The number of pyridine rings is 1. The summed E-state index contributed by atoms with van der Waals surface area (Å²) in [5, 5.41) is 0. The molecule has 5 rings (SSSR count). The van der Waals surface area contributed by atoms with E-state index in [9.17, 15) is 9.18 Å². The maximum atomic E-state index is 13.5. The fourth-order valence-corrected chi connectivity index (χ4v) is 4.40. The monoisotopic (exact) mass is 460 g/mol. The molecule has 176 valence electrons. The summed E-state index contributed by atoms with van der Waals surface area (Å²) in [6, 6.07) is 18.4. The van der Waals surface area contributed by atoms with Crippen LogP contribution in [0, 0.1) is 5.82 Å². The number of anilines is 1. The Morgan fingerprint density at radius 2 is 1.47 bits per heavy atom. The molecule has 2 fully saturated rings. The normalized spacial score (nSPS) is 17.1. The number of aromatic nitrogens is 1. The topological polar surface area (TPSA) is 48.9 Å². The molecule has 1 amide bonds. The summed E-state index contributed by atoms with van der Waals surface area (Å²) >= 11 is 0. The summed E-state index contributed by atoms with van der Waals surface area (Å²) in [5.74, 6) is 0.688. The summed E-state index contributed by atoms with van der Waals surface area (Å²) in [6.45, 7) is 6.20. The molecule has 0 atom stereocenters. The van der Waals surface area contributed by atoms with Crippen LogP contribution in [0.4, 0.5) is 10.2 Å². The van der Waals surface area contributed by atoms with E-state index in [0.717, 1.165) is 54.4 Å². The number of likely N-dealkylation sites (N-methyl/N-ethyl adjacent to an activating group) is 1. The van der Waals surface area contributed by atoms with Crippen molar-refractivity contribution in [1.29, 1.82) is 0 Å². The number of carbonyl (C=O) groups excluding carboxylic acids is 1. The number of hydrogen-bond acceptors (Lipinski definition) is 5. The highest BCUT2D eigenvalue weighted by molar-refractivity contribution is 5.95. The van der Waals surface area contributed by atoms with Crippen LogP contribution in [0.15, 0.2) is 60.7 Å². The zero-order valence-corrected chi connectivity index (χ0v) is 19.4. The summed E-state index contributed by atoms with van der Waals surface area (Å²) in [7, 11) is 2.13. The molecule has 2 aromatic carbocycles. The number of hydrogen-bond donors (Lipinski definition) is 0. The van der Waals surface area contributed by atoms with E-state index >= 15 is 0 Å². The van der Waals surface area contributed by atoms with Crippen molar-refractivity contribution in [3.8, 4) is 22.4 Å². The van der Waals surface area contributed by atoms with E-state index in [1.165, 1.54) is 12.1 Å². The second-order valence-electron chi connectivity index (χ2n) is 8.88. The molecule has 0 spiro atoms. The lowest BCUT2D eigenvalue weighted by atomic mass is 10.0. The fourth-order valence-electron chi connectivity index (χ4n) is 4.40. The molecule has 0 saturated carbocycles. The van der Waals surface area contributed by atoms with Gasteiger partial charge in [0.25, 0.3) is 5.91 Å². The van der Waals surface area contributed by atoms with Crippen molar-refractivity contribution >= 4 is 11.7 Å². The summed E-state index contributed by atoms with van der Waals surface area (Å²) in [4.78, 5) is 24.2. The van der Waals surface area contributed by atoms with Gasteiger partial charge in [0.05, 0.1) is 18.9 Å². The molecule has 6 nitrogen and oxygen atoms in total. The van der Waals surface area contributed by atoms with Crippen molar-refractivity contribution in [3.05, 3.63) is 72.0 Å².